The van der Waals surface area contributed by atoms with Crippen LogP contribution in [0.25, 0.3) is 0 Å². The maximum absolute atomic E-state index is 14.1. The topological polar surface area (TPSA) is 82.7 Å². The summed E-state index contributed by atoms with van der Waals surface area (Å²) in [7, 11) is 1.50. The second-order valence-corrected chi connectivity index (χ2v) is 6.00. The summed E-state index contributed by atoms with van der Waals surface area (Å²) < 4.78 is 19.3. The fourth-order valence-corrected chi connectivity index (χ4v) is 2.59. The maximum atomic E-state index is 14.1. The van der Waals surface area contributed by atoms with E-state index in [0.717, 1.165) is 10.5 Å². The van der Waals surface area contributed by atoms with Crippen molar-refractivity contribution in [2.45, 2.75) is 39.1 Å². The summed E-state index contributed by atoms with van der Waals surface area (Å²) in [4.78, 5) is 25.2. The van der Waals surface area contributed by atoms with Gasteiger partial charge in [0.1, 0.15) is 5.82 Å². The summed E-state index contributed by atoms with van der Waals surface area (Å²) in [6, 6.07) is 2.94. The zero-order valence-electron chi connectivity index (χ0n) is 14.2. The molecule has 1 aliphatic rings. The Morgan fingerprint density at radius 1 is 1.29 bits per heavy atom. The van der Waals surface area contributed by atoms with Crippen LogP contribution in [-0.4, -0.2) is 43.0 Å². The van der Waals surface area contributed by atoms with Crippen molar-refractivity contribution < 1.29 is 18.7 Å². The Morgan fingerprint density at radius 2 is 1.92 bits per heavy atom. The lowest BCUT2D eigenvalue weighted by Crippen LogP contribution is -2.69. The molecule has 0 aromatic heterocycles. The second kappa shape index (κ2) is 7.59. The van der Waals surface area contributed by atoms with Crippen molar-refractivity contribution in [1.29, 1.82) is 0 Å². The van der Waals surface area contributed by atoms with Gasteiger partial charge in [-0.25, -0.2) is 18.9 Å². The molecule has 2 rings (SSSR count). The summed E-state index contributed by atoms with van der Waals surface area (Å²) in [6.45, 7) is 5.51. The van der Waals surface area contributed by atoms with Crippen LogP contribution in [0.2, 0.25) is 0 Å². The van der Waals surface area contributed by atoms with Crippen LogP contribution in [0.15, 0.2) is 18.2 Å². The Morgan fingerprint density at radius 3 is 2.46 bits per heavy atom. The van der Waals surface area contributed by atoms with Gasteiger partial charge in [-0.15, -0.1) is 0 Å². The quantitative estimate of drug-likeness (QED) is 0.739. The van der Waals surface area contributed by atoms with Gasteiger partial charge < -0.3 is 15.4 Å². The number of rotatable bonds is 6. The number of nitrogens with one attached hydrogen (secondary N) is 3. The van der Waals surface area contributed by atoms with Crippen LogP contribution >= 0.6 is 0 Å². The Bertz CT molecular complexity index is 605. The molecule has 1 fully saturated rings. The molecular formula is C16H23FN4O3. The molecule has 1 heterocycles. The molecule has 0 bridgehead atoms. The number of halogens is 1. The van der Waals surface area contributed by atoms with Crippen molar-refractivity contribution in [3.05, 3.63) is 35.1 Å². The van der Waals surface area contributed by atoms with Gasteiger partial charge in [-0.2, -0.15) is 0 Å². The highest BCUT2D eigenvalue weighted by atomic mass is 19.1. The molecule has 0 spiro atoms. The lowest BCUT2D eigenvalue weighted by atomic mass is 10.0. The van der Waals surface area contributed by atoms with Crippen molar-refractivity contribution in [2.75, 3.05) is 13.7 Å². The van der Waals surface area contributed by atoms with E-state index in [1.807, 2.05) is 6.92 Å². The monoisotopic (exact) mass is 338 g/mol. The van der Waals surface area contributed by atoms with Crippen LogP contribution in [0.3, 0.4) is 0 Å². The first-order valence-electron chi connectivity index (χ1n) is 7.74. The first-order valence-corrected chi connectivity index (χ1v) is 7.74. The number of hydrogen-bond acceptors (Lipinski definition) is 4. The largest absolute Gasteiger partial charge is 0.383 e. The van der Waals surface area contributed by atoms with Gasteiger partial charge in [-0.05, 0) is 26.8 Å². The first-order chi connectivity index (χ1) is 11.3. The van der Waals surface area contributed by atoms with Gasteiger partial charge >= 0.3 is 12.1 Å². The summed E-state index contributed by atoms with van der Waals surface area (Å²) in [5, 5.41) is 8.28. The summed E-state index contributed by atoms with van der Waals surface area (Å²) in [5.74, 6) is -0.382. The second-order valence-electron chi connectivity index (χ2n) is 6.00. The smallest absolute Gasteiger partial charge is 0.328 e. The van der Waals surface area contributed by atoms with E-state index in [1.54, 1.807) is 26.0 Å². The summed E-state index contributed by atoms with van der Waals surface area (Å²) in [6.07, 6.45) is -0.819. The zero-order chi connectivity index (χ0) is 17.9. The average molecular weight is 338 g/mol. The normalized spacial score (nSPS) is 17.0. The highest BCUT2D eigenvalue weighted by Gasteiger charge is 2.34. The standard InChI is InChI=1S/C16H23FN4O3/c1-9(2)21-15(22)19-14(20-16(21)23)18-13(8-24-4)11-7-10(3)5-6-12(11)17/h5-7,9,13-14,18H,8H2,1-4H3,(H,19,22)(H,20,23). The van der Waals surface area contributed by atoms with Crippen LogP contribution in [0.1, 0.15) is 31.0 Å². The van der Waals surface area contributed by atoms with Gasteiger partial charge in [0.25, 0.3) is 0 Å². The van der Waals surface area contributed by atoms with E-state index in [4.69, 9.17) is 4.74 Å². The minimum Gasteiger partial charge on any atom is -0.383 e. The van der Waals surface area contributed by atoms with Crippen LogP contribution in [0.5, 0.6) is 0 Å². The molecule has 4 amide bonds. The lowest BCUT2D eigenvalue weighted by Gasteiger charge is -2.36. The molecule has 1 atom stereocenters. The first kappa shape index (κ1) is 18.2. The molecule has 1 saturated heterocycles. The maximum Gasteiger partial charge on any atom is 0.328 e. The summed E-state index contributed by atoms with van der Waals surface area (Å²) >= 11 is 0. The molecule has 24 heavy (non-hydrogen) atoms. The molecule has 0 radical (unpaired) electrons. The van der Waals surface area contributed by atoms with Gasteiger partial charge in [0.15, 0.2) is 6.29 Å². The molecule has 8 heteroatoms. The van der Waals surface area contributed by atoms with Gasteiger partial charge in [0, 0.05) is 18.7 Å². The Balaban J connectivity index is 2.16. The van der Waals surface area contributed by atoms with Crippen LogP contribution in [-0.2, 0) is 4.74 Å². The number of imide groups is 1. The van der Waals surface area contributed by atoms with E-state index < -0.39 is 24.4 Å². The third-order valence-electron chi connectivity index (χ3n) is 3.72. The Hall–Kier alpha value is -2.19. The van der Waals surface area contributed by atoms with Gasteiger partial charge in [-0.1, -0.05) is 17.7 Å². The van der Waals surface area contributed by atoms with Crippen molar-refractivity contribution in [1.82, 2.24) is 20.9 Å². The third kappa shape index (κ3) is 4.01. The van der Waals surface area contributed by atoms with Gasteiger partial charge in [-0.3, -0.25) is 5.32 Å². The Labute approximate surface area is 140 Å². The summed E-state index contributed by atoms with van der Waals surface area (Å²) in [5.41, 5.74) is 1.31. The molecule has 1 aliphatic heterocycles. The van der Waals surface area contributed by atoms with Crippen LogP contribution < -0.4 is 16.0 Å². The molecular weight excluding hydrogens is 315 g/mol. The number of carbonyl (C=O) groups excluding carboxylic acids is 2. The number of hydrogen-bond donors (Lipinski definition) is 3. The average Bonchev–Trinajstić information content (AvgIpc) is 2.48. The molecule has 0 saturated carbocycles. The predicted molar refractivity (Wildman–Crippen MR) is 86.7 cm³/mol. The molecule has 1 unspecified atom stereocenters. The van der Waals surface area contributed by atoms with E-state index >= 15 is 0 Å². The molecule has 1 aromatic carbocycles. The molecule has 3 N–H and O–H groups in total. The van der Waals surface area contributed by atoms with E-state index in [1.165, 1.54) is 13.2 Å². The van der Waals surface area contributed by atoms with E-state index in [9.17, 15) is 14.0 Å². The van der Waals surface area contributed by atoms with Gasteiger partial charge in [0.05, 0.1) is 12.6 Å². The van der Waals surface area contributed by atoms with E-state index in [2.05, 4.69) is 16.0 Å². The van der Waals surface area contributed by atoms with Crippen molar-refractivity contribution in [3.8, 4) is 0 Å². The highest BCUT2D eigenvalue weighted by Crippen LogP contribution is 2.20. The number of nitrogens with zero attached hydrogens (tertiary/aromatic N) is 1. The fourth-order valence-electron chi connectivity index (χ4n) is 2.59. The molecule has 7 nitrogen and oxygen atoms in total. The number of methoxy groups -OCH3 is 1. The SMILES string of the molecule is COCC(NC1NC(=O)N(C(C)C)C(=O)N1)c1cc(C)ccc1F. The lowest BCUT2D eigenvalue weighted by molar-refractivity contribution is 0.128. The zero-order valence-corrected chi connectivity index (χ0v) is 14.2. The highest BCUT2D eigenvalue weighted by molar-refractivity contribution is 5.96. The van der Waals surface area contributed by atoms with Gasteiger partial charge in [0.2, 0.25) is 0 Å². The predicted octanol–water partition coefficient (Wildman–Crippen LogP) is 1.84. The van der Waals surface area contributed by atoms with Crippen LogP contribution in [0, 0.1) is 12.7 Å². The fraction of sp³-hybridized carbons (Fsp3) is 0.500. The number of amides is 4. The number of ether oxygens (including phenoxy) is 1. The van der Waals surface area contributed by atoms with Crippen molar-refractivity contribution in [3.63, 3.8) is 0 Å². The number of aryl methyl sites for hydroxylation is 1. The number of benzene rings is 1. The third-order valence-corrected chi connectivity index (χ3v) is 3.72. The molecule has 132 valence electrons. The van der Waals surface area contributed by atoms with Crippen molar-refractivity contribution in [2.24, 2.45) is 0 Å². The number of carbonyl (C=O) groups is 2. The Kier molecular flexibility index (Phi) is 5.74. The van der Waals surface area contributed by atoms with Crippen LogP contribution in [0.4, 0.5) is 14.0 Å². The molecule has 0 aliphatic carbocycles. The van der Waals surface area contributed by atoms with Crippen molar-refractivity contribution >= 4 is 12.1 Å². The van der Waals surface area contributed by atoms with E-state index in [0.29, 0.717) is 5.56 Å². The minimum absolute atomic E-state index is 0.177. The number of urea groups is 2. The minimum atomic E-state index is -0.819. The van der Waals surface area contributed by atoms with E-state index in [-0.39, 0.29) is 18.5 Å². The molecule has 1 aromatic rings.